The molecule has 2 atom stereocenters. The van der Waals surface area contributed by atoms with Crippen LogP contribution in [-0.4, -0.2) is 39.9 Å². The van der Waals surface area contributed by atoms with Crippen LogP contribution < -0.4 is 4.90 Å². The van der Waals surface area contributed by atoms with E-state index in [0.29, 0.717) is 18.0 Å². The third kappa shape index (κ3) is 2.09. The molecule has 0 aromatic carbocycles. The third-order valence-corrected chi connectivity index (χ3v) is 5.85. The van der Waals surface area contributed by atoms with E-state index >= 15 is 0 Å². The first kappa shape index (κ1) is 13.8. The Morgan fingerprint density at radius 1 is 1.13 bits per heavy atom. The SMILES string of the molecule is Cc1cc(N2C3CC[C@@H]2COC3)n2nc(C3CC(C)C3)cc2n1. The van der Waals surface area contributed by atoms with E-state index in [1.807, 2.05) is 0 Å². The average Bonchev–Trinajstić information content (AvgIpc) is 3.01. The standard InChI is InChI=1S/C18H24N4O/c1-11-5-13(6-11)16-8-17-19-12(2)7-18(22(17)20-16)21-14-3-4-15(21)10-23-9-14/h7-8,11,13-15H,3-6,9-10H2,1-2H3/t11?,13?,14-,15?/m1/s1. The molecule has 1 aliphatic carbocycles. The van der Waals surface area contributed by atoms with Crippen molar-refractivity contribution in [2.75, 3.05) is 18.1 Å². The summed E-state index contributed by atoms with van der Waals surface area (Å²) in [7, 11) is 0. The van der Waals surface area contributed by atoms with Gasteiger partial charge in [0.15, 0.2) is 5.65 Å². The molecule has 1 saturated carbocycles. The van der Waals surface area contributed by atoms with Crippen LogP contribution in [0.5, 0.6) is 0 Å². The minimum Gasteiger partial charge on any atom is -0.377 e. The Kier molecular flexibility index (Phi) is 2.96. The van der Waals surface area contributed by atoms with E-state index in [0.717, 1.165) is 30.5 Å². The second-order valence-corrected chi connectivity index (χ2v) is 7.70. The topological polar surface area (TPSA) is 42.7 Å². The number of fused-ring (bicyclic) bond motifs is 3. The van der Waals surface area contributed by atoms with E-state index in [1.54, 1.807) is 0 Å². The van der Waals surface area contributed by atoms with Gasteiger partial charge in [0, 0.05) is 23.7 Å². The summed E-state index contributed by atoms with van der Waals surface area (Å²) in [6.45, 7) is 6.09. The lowest BCUT2D eigenvalue weighted by atomic mass is 9.74. The molecule has 1 unspecified atom stereocenters. The number of morpholine rings is 1. The lowest BCUT2D eigenvalue weighted by molar-refractivity contribution is 0.0899. The molecule has 2 aromatic rings. The van der Waals surface area contributed by atoms with Crippen LogP contribution in [0, 0.1) is 12.8 Å². The minimum atomic E-state index is 0.495. The fraction of sp³-hybridized carbons (Fsp3) is 0.667. The first-order chi connectivity index (χ1) is 11.2. The number of aryl methyl sites for hydroxylation is 1. The van der Waals surface area contributed by atoms with Gasteiger partial charge in [-0.2, -0.15) is 9.61 Å². The third-order valence-electron chi connectivity index (χ3n) is 5.85. The van der Waals surface area contributed by atoms with E-state index in [-0.39, 0.29) is 0 Å². The first-order valence-corrected chi connectivity index (χ1v) is 8.92. The van der Waals surface area contributed by atoms with Crippen molar-refractivity contribution in [3.63, 3.8) is 0 Å². The van der Waals surface area contributed by atoms with Crippen LogP contribution in [0.3, 0.4) is 0 Å². The molecular formula is C18H24N4O. The highest BCUT2D eigenvalue weighted by Gasteiger charge is 2.39. The zero-order valence-electron chi connectivity index (χ0n) is 13.9. The zero-order chi connectivity index (χ0) is 15.6. The first-order valence-electron chi connectivity index (χ1n) is 8.92. The van der Waals surface area contributed by atoms with Crippen molar-refractivity contribution in [2.45, 2.75) is 57.5 Å². The molecule has 5 heteroatoms. The van der Waals surface area contributed by atoms with Gasteiger partial charge in [0.2, 0.25) is 0 Å². The summed E-state index contributed by atoms with van der Waals surface area (Å²) in [5.41, 5.74) is 3.30. The summed E-state index contributed by atoms with van der Waals surface area (Å²) >= 11 is 0. The van der Waals surface area contributed by atoms with Crippen molar-refractivity contribution in [3.05, 3.63) is 23.5 Å². The fourth-order valence-electron chi connectivity index (χ4n) is 4.63. The van der Waals surface area contributed by atoms with Crippen molar-refractivity contribution in [2.24, 2.45) is 5.92 Å². The highest BCUT2D eigenvalue weighted by Crippen LogP contribution is 2.41. The van der Waals surface area contributed by atoms with Crippen LogP contribution in [0.15, 0.2) is 12.1 Å². The van der Waals surface area contributed by atoms with Crippen LogP contribution in [0.1, 0.15) is 49.9 Å². The van der Waals surface area contributed by atoms with E-state index in [1.165, 1.54) is 37.2 Å². The highest BCUT2D eigenvalue weighted by atomic mass is 16.5. The maximum Gasteiger partial charge on any atom is 0.157 e. The van der Waals surface area contributed by atoms with Gasteiger partial charge in [0.25, 0.3) is 0 Å². The second kappa shape index (κ2) is 4.94. The molecular weight excluding hydrogens is 288 g/mol. The summed E-state index contributed by atoms with van der Waals surface area (Å²) in [6.07, 6.45) is 4.98. The quantitative estimate of drug-likeness (QED) is 0.855. The fourth-order valence-corrected chi connectivity index (χ4v) is 4.63. The maximum atomic E-state index is 5.75. The minimum absolute atomic E-state index is 0.495. The second-order valence-electron chi connectivity index (χ2n) is 7.70. The molecule has 0 amide bonds. The Hall–Kier alpha value is -1.62. The normalized spacial score (nSPS) is 33.2. The van der Waals surface area contributed by atoms with E-state index in [9.17, 15) is 0 Å². The predicted molar refractivity (Wildman–Crippen MR) is 89.0 cm³/mol. The highest BCUT2D eigenvalue weighted by molar-refractivity contribution is 5.54. The van der Waals surface area contributed by atoms with Gasteiger partial charge in [-0.15, -0.1) is 0 Å². The van der Waals surface area contributed by atoms with Crippen LogP contribution in [0.4, 0.5) is 5.82 Å². The molecule has 23 heavy (non-hydrogen) atoms. The Labute approximate surface area is 136 Å². The molecule has 5 nitrogen and oxygen atoms in total. The van der Waals surface area contributed by atoms with Crippen molar-refractivity contribution < 1.29 is 4.74 Å². The number of ether oxygens (including phenoxy) is 1. The van der Waals surface area contributed by atoms with Gasteiger partial charge in [0.1, 0.15) is 5.82 Å². The number of anilines is 1. The lowest BCUT2D eigenvalue weighted by Crippen LogP contribution is -2.46. The molecule has 2 aliphatic heterocycles. The molecule has 2 saturated heterocycles. The van der Waals surface area contributed by atoms with Gasteiger partial charge in [-0.1, -0.05) is 6.92 Å². The molecule has 2 aromatic heterocycles. The molecule has 4 heterocycles. The van der Waals surface area contributed by atoms with Crippen molar-refractivity contribution >= 4 is 11.5 Å². The molecule has 0 spiro atoms. The van der Waals surface area contributed by atoms with Crippen LogP contribution in [-0.2, 0) is 4.74 Å². The number of nitrogens with zero attached hydrogens (tertiary/aromatic N) is 4. The van der Waals surface area contributed by atoms with Gasteiger partial charge in [-0.3, -0.25) is 0 Å². The Morgan fingerprint density at radius 3 is 2.57 bits per heavy atom. The molecule has 122 valence electrons. The van der Waals surface area contributed by atoms with E-state index in [4.69, 9.17) is 14.8 Å². The largest absolute Gasteiger partial charge is 0.377 e. The van der Waals surface area contributed by atoms with Gasteiger partial charge in [-0.25, -0.2) is 4.98 Å². The summed E-state index contributed by atoms with van der Waals surface area (Å²) in [4.78, 5) is 7.27. The van der Waals surface area contributed by atoms with Gasteiger partial charge in [0.05, 0.1) is 31.0 Å². The number of hydrogen-bond donors (Lipinski definition) is 0. The van der Waals surface area contributed by atoms with Crippen molar-refractivity contribution in [1.82, 2.24) is 14.6 Å². The smallest absolute Gasteiger partial charge is 0.157 e. The van der Waals surface area contributed by atoms with Gasteiger partial charge in [-0.05, 0) is 38.5 Å². The van der Waals surface area contributed by atoms with Crippen LogP contribution >= 0.6 is 0 Å². The van der Waals surface area contributed by atoms with Crippen molar-refractivity contribution in [3.8, 4) is 0 Å². The number of rotatable bonds is 2. The molecule has 5 rings (SSSR count). The molecule has 0 N–H and O–H groups in total. The molecule has 3 fully saturated rings. The molecule has 0 radical (unpaired) electrons. The lowest BCUT2D eigenvalue weighted by Gasteiger charge is -2.36. The van der Waals surface area contributed by atoms with E-state index < -0.39 is 0 Å². The molecule has 3 aliphatic rings. The predicted octanol–water partition coefficient (Wildman–Crippen LogP) is 2.92. The van der Waals surface area contributed by atoms with E-state index in [2.05, 4.69) is 35.4 Å². The van der Waals surface area contributed by atoms with Crippen molar-refractivity contribution in [1.29, 1.82) is 0 Å². The Morgan fingerprint density at radius 2 is 1.87 bits per heavy atom. The summed E-state index contributed by atoms with van der Waals surface area (Å²) in [6, 6.07) is 5.39. The number of aromatic nitrogens is 3. The maximum absolute atomic E-state index is 5.75. The number of hydrogen-bond acceptors (Lipinski definition) is 4. The summed E-state index contributed by atoms with van der Waals surface area (Å²) in [5.74, 6) is 2.68. The zero-order valence-corrected chi connectivity index (χ0v) is 13.9. The molecule has 2 bridgehead atoms. The van der Waals surface area contributed by atoms with Gasteiger partial charge >= 0.3 is 0 Å². The summed E-state index contributed by atoms with van der Waals surface area (Å²) < 4.78 is 7.83. The average molecular weight is 312 g/mol. The van der Waals surface area contributed by atoms with Gasteiger partial charge < -0.3 is 9.64 Å². The van der Waals surface area contributed by atoms with Crippen LogP contribution in [0.2, 0.25) is 0 Å². The monoisotopic (exact) mass is 312 g/mol. The summed E-state index contributed by atoms with van der Waals surface area (Å²) in [5, 5.41) is 4.95. The van der Waals surface area contributed by atoms with Crippen LogP contribution in [0.25, 0.3) is 5.65 Å². The Bertz CT molecular complexity index is 733. The Balaban J connectivity index is 1.60.